The van der Waals surface area contributed by atoms with Gasteiger partial charge in [0.15, 0.2) is 0 Å². The van der Waals surface area contributed by atoms with E-state index in [1.165, 1.54) is 11.9 Å². The number of para-hydroxylation sites is 1. The van der Waals surface area contributed by atoms with Gasteiger partial charge in [-0.3, -0.25) is 9.59 Å². The van der Waals surface area contributed by atoms with Gasteiger partial charge in [0.25, 0.3) is 0 Å². The molecule has 5 rings (SSSR count). The van der Waals surface area contributed by atoms with Crippen molar-refractivity contribution in [2.24, 2.45) is 5.10 Å². The number of nitrogens with zero attached hydrogens (tertiary/aromatic N) is 2. The van der Waals surface area contributed by atoms with Gasteiger partial charge in [0.05, 0.1) is 5.69 Å². The fraction of sp³-hybridized carbons (Fsp3) is 0.107. The fourth-order valence-electron chi connectivity index (χ4n) is 4.29. The third-order valence-corrected chi connectivity index (χ3v) is 5.86. The molecule has 34 heavy (non-hydrogen) atoms. The smallest absolute Gasteiger partial charge is 0.300 e. The highest BCUT2D eigenvalue weighted by Crippen LogP contribution is 2.33. The van der Waals surface area contributed by atoms with Gasteiger partial charge in [-0.05, 0) is 42.0 Å². The van der Waals surface area contributed by atoms with Crippen LogP contribution in [0.2, 0.25) is 0 Å². The van der Waals surface area contributed by atoms with E-state index in [2.05, 4.69) is 10.6 Å². The van der Waals surface area contributed by atoms with E-state index >= 15 is 0 Å². The van der Waals surface area contributed by atoms with E-state index in [0.29, 0.717) is 17.1 Å². The molecule has 0 spiro atoms. The molecule has 0 aromatic heterocycles. The quantitative estimate of drug-likeness (QED) is 0.429. The van der Waals surface area contributed by atoms with Crippen molar-refractivity contribution in [3.63, 3.8) is 0 Å². The molecule has 0 radical (unpaired) electrons. The maximum absolute atomic E-state index is 14.1. The van der Waals surface area contributed by atoms with Crippen molar-refractivity contribution in [2.45, 2.75) is 19.5 Å². The van der Waals surface area contributed by atoms with Gasteiger partial charge in [0.1, 0.15) is 5.71 Å². The van der Waals surface area contributed by atoms with E-state index in [4.69, 9.17) is 5.10 Å². The highest BCUT2D eigenvalue weighted by atomic mass is 16.2. The fourth-order valence-corrected chi connectivity index (χ4v) is 4.29. The third-order valence-electron chi connectivity index (χ3n) is 5.86. The van der Waals surface area contributed by atoms with Crippen LogP contribution < -0.4 is 15.6 Å². The Morgan fingerprint density at radius 2 is 1.53 bits per heavy atom. The molecule has 4 aromatic carbocycles. The standard InChI is InChI=1S/C28H24N4O2/c1-19-15-17-23(18-16-19)32-27(34)28(29-20(2)33,30-22-11-4-3-5-12-22)26(31-32)25-14-8-10-21-9-6-7-13-24(21)25/h3-18,30H,1-2H3,(H,29,33). The van der Waals surface area contributed by atoms with Gasteiger partial charge in [0.2, 0.25) is 11.6 Å². The summed E-state index contributed by atoms with van der Waals surface area (Å²) in [6, 6.07) is 30.7. The van der Waals surface area contributed by atoms with Crippen LogP contribution >= 0.6 is 0 Å². The van der Waals surface area contributed by atoms with Gasteiger partial charge in [-0.2, -0.15) is 10.1 Å². The first-order chi connectivity index (χ1) is 16.5. The molecular weight excluding hydrogens is 424 g/mol. The molecule has 1 aliphatic rings. The molecule has 0 bridgehead atoms. The molecule has 0 aliphatic carbocycles. The van der Waals surface area contributed by atoms with Gasteiger partial charge in [-0.15, -0.1) is 0 Å². The van der Waals surface area contributed by atoms with Crippen molar-refractivity contribution in [2.75, 3.05) is 10.3 Å². The maximum atomic E-state index is 14.1. The van der Waals surface area contributed by atoms with Gasteiger partial charge >= 0.3 is 5.91 Å². The Hall–Kier alpha value is -4.45. The molecule has 6 heteroatoms. The summed E-state index contributed by atoms with van der Waals surface area (Å²) < 4.78 is 0. The van der Waals surface area contributed by atoms with Crippen LogP contribution in [-0.4, -0.2) is 23.2 Å². The number of hydrogen-bond donors (Lipinski definition) is 2. The van der Waals surface area contributed by atoms with Gasteiger partial charge in [0, 0.05) is 18.2 Å². The van der Waals surface area contributed by atoms with Crippen LogP contribution in [0, 0.1) is 6.92 Å². The van der Waals surface area contributed by atoms with Crippen molar-refractivity contribution in [3.05, 3.63) is 108 Å². The number of rotatable bonds is 5. The molecule has 2 amide bonds. The van der Waals surface area contributed by atoms with Crippen LogP contribution in [-0.2, 0) is 9.59 Å². The number of anilines is 2. The molecule has 1 unspecified atom stereocenters. The van der Waals surface area contributed by atoms with Gasteiger partial charge < -0.3 is 10.6 Å². The first kappa shape index (κ1) is 21.4. The molecule has 168 valence electrons. The number of hydrogen-bond acceptors (Lipinski definition) is 4. The number of hydrazone groups is 1. The van der Waals surface area contributed by atoms with Crippen LogP contribution in [0.3, 0.4) is 0 Å². The Morgan fingerprint density at radius 1 is 0.853 bits per heavy atom. The van der Waals surface area contributed by atoms with E-state index in [-0.39, 0.29) is 5.91 Å². The summed E-state index contributed by atoms with van der Waals surface area (Å²) in [5, 5.41) is 14.3. The van der Waals surface area contributed by atoms with E-state index < -0.39 is 11.6 Å². The normalized spacial score (nSPS) is 17.5. The largest absolute Gasteiger partial charge is 0.350 e. The van der Waals surface area contributed by atoms with Crippen molar-refractivity contribution >= 4 is 39.7 Å². The lowest BCUT2D eigenvalue weighted by Gasteiger charge is -2.32. The molecule has 6 nitrogen and oxygen atoms in total. The average molecular weight is 449 g/mol. The molecule has 0 saturated heterocycles. The van der Waals surface area contributed by atoms with E-state index in [9.17, 15) is 9.59 Å². The van der Waals surface area contributed by atoms with Crippen molar-refractivity contribution in [1.29, 1.82) is 0 Å². The minimum Gasteiger partial charge on any atom is -0.350 e. The summed E-state index contributed by atoms with van der Waals surface area (Å²) in [5.74, 6) is -0.742. The number of aryl methyl sites for hydroxylation is 1. The molecule has 1 aliphatic heterocycles. The number of fused-ring (bicyclic) bond motifs is 1. The SMILES string of the molecule is CC(=O)NC1(Nc2ccccc2)C(=O)N(c2ccc(C)cc2)N=C1c1cccc2ccccc12. The third kappa shape index (κ3) is 3.69. The Kier molecular flexibility index (Phi) is 5.34. The van der Waals surface area contributed by atoms with E-state index in [1.54, 1.807) is 0 Å². The predicted octanol–water partition coefficient (Wildman–Crippen LogP) is 4.84. The summed E-state index contributed by atoms with van der Waals surface area (Å²) in [7, 11) is 0. The predicted molar refractivity (Wildman–Crippen MR) is 136 cm³/mol. The van der Waals surface area contributed by atoms with Gasteiger partial charge in [-0.1, -0.05) is 78.4 Å². The first-order valence-electron chi connectivity index (χ1n) is 11.1. The zero-order chi connectivity index (χ0) is 23.7. The summed E-state index contributed by atoms with van der Waals surface area (Å²) in [6.07, 6.45) is 0. The maximum Gasteiger partial charge on any atom is 0.300 e. The van der Waals surface area contributed by atoms with Crippen LogP contribution in [0.25, 0.3) is 10.8 Å². The lowest BCUT2D eigenvalue weighted by molar-refractivity contribution is -0.127. The summed E-state index contributed by atoms with van der Waals surface area (Å²) in [4.78, 5) is 26.6. The second-order valence-electron chi connectivity index (χ2n) is 8.35. The average Bonchev–Trinajstić information content (AvgIpc) is 3.11. The van der Waals surface area contributed by atoms with Crippen LogP contribution in [0.5, 0.6) is 0 Å². The van der Waals surface area contributed by atoms with Crippen molar-refractivity contribution in [3.8, 4) is 0 Å². The first-order valence-corrected chi connectivity index (χ1v) is 11.1. The van der Waals surface area contributed by atoms with Gasteiger partial charge in [-0.25, -0.2) is 0 Å². The van der Waals surface area contributed by atoms with E-state index in [0.717, 1.165) is 21.9 Å². The number of benzene rings is 4. The zero-order valence-electron chi connectivity index (χ0n) is 18.9. The molecule has 2 N–H and O–H groups in total. The molecule has 0 fully saturated rings. The Labute approximate surface area is 197 Å². The van der Waals surface area contributed by atoms with Crippen molar-refractivity contribution in [1.82, 2.24) is 5.32 Å². The number of amides is 2. The lowest BCUT2D eigenvalue weighted by Crippen LogP contribution is -2.64. The molecule has 4 aromatic rings. The minimum atomic E-state index is -1.60. The van der Waals surface area contributed by atoms with Crippen LogP contribution in [0.4, 0.5) is 11.4 Å². The highest BCUT2D eigenvalue weighted by molar-refractivity contribution is 6.33. The Bertz CT molecular complexity index is 1410. The number of carbonyl (C=O) groups excluding carboxylic acids is 2. The second-order valence-corrected chi connectivity index (χ2v) is 8.35. The minimum absolute atomic E-state index is 0.351. The topological polar surface area (TPSA) is 73.8 Å². The van der Waals surface area contributed by atoms with Crippen molar-refractivity contribution < 1.29 is 9.59 Å². The Balaban J connectivity index is 1.76. The van der Waals surface area contributed by atoms with Crippen LogP contribution in [0.1, 0.15) is 18.1 Å². The summed E-state index contributed by atoms with van der Waals surface area (Å²) in [5.41, 5.74) is 1.97. The molecule has 0 saturated carbocycles. The highest BCUT2D eigenvalue weighted by Gasteiger charge is 2.53. The molecular formula is C28H24N4O2. The second kappa shape index (κ2) is 8.48. The zero-order valence-corrected chi connectivity index (χ0v) is 18.9. The van der Waals surface area contributed by atoms with Crippen LogP contribution in [0.15, 0.2) is 102 Å². The summed E-state index contributed by atoms with van der Waals surface area (Å²) in [6.45, 7) is 3.38. The monoisotopic (exact) mass is 448 g/mol. The Morgan fingerprint density at radius 3 is 2.26 bits per heavy atom. The summed E-state index contributed by atoms with van der Waals surface area (Å²) >= 11 is 0. The molecule has 1 atom stereocenters. The van der Waals surface area contributed by atoms with E-state index in [1.807, 2.05) is 104 Å². The number of carbonyl (C=O) groups is 2. The number of nitrogens with one attached hydrogen (secondary N) is 2. The lowest BCUT2D eigenvalue weighted by atomic mass is 9.92. The molecule has 1 heterocycles.